The van der Waals surface area contributed by atoms with Gasteiger partial charge in [-0.15, -0.1) is 0 Å². The molecule has 4 aromatic carbocycles. The van der Waals surface area contributed by atoms with E-state index in [0.29, 0.717) is 56.5 Å². The van der Waals surface area contributed by atoms with Gasteiger partial charge in [-0.3, -0.25) is 4.90 Å². The molecule has 0 fully saturated rings. The molecule has 0 saturated heterocycles. The van der Waals surface area contributed by atoms with Gasteiger partial charge in [0.2, 0.25) is 0 Å². The Morgan fingerprint density at radius 3 is 2.07 bits per heavy atom. The molecule has 0 aliphatic heterocycles. The van der Waals surface area contributed by atoms with E-state index in [0.717, 1.165) is 64.0 Å². The average Bonchev–Trinajstić information content (AvgIpc) is 3.19. The van der Waals surface area contributed by atoms with Gasteiger partial charge >= 0.3 is 18.1 Å². The van der Waals surface area contributed by atoms with Gasteiger partial charge in [0.15, 0.2) is 0 Å². The second-order valence-corrected chi connectivity index (χ2v) is 13.7. The van der Waals surface area contributed by atoms with E-state index in [9.17, 15) is 32.3 Å². The third-order valence-corrected chi connectivity index (χ3v) is 10.1. The summed E-state index contributed by atoms with van der Waals surface area (Å²) in [7, 11) is 1.34. The van der Waals surface area contributed by atoms with Gasteiger partial charge in [-0.2, -0.15) is 13.2 Å². The zero-order valence-electron chi connectivity index (χ0n) is 30.4. The van der Waals surface area contributed by atoms with Crippen LogP contribution in [0.15, 0.2) is 103 Å². The summed E-state index contributed by atoms with van der Waals surface area (Å²) < 4.78 is 64.4. The van der Waals surface area contributed by atoms with Crippen molar-refractivity contribution in [2.24, 2.45) is 0 Å². The molecule has 0 saturated carbocycles. The lowest BCUT2D eigenvalue weighted by Gasteiger charge is -2.36. The Hall–Kier alpha value is -5.55. The Morgan fingerprint density at radius 2 is 1.42 bits per heavy atom. The monoisotopic (exact) mass is 754 g/mol. The van der Waals surface area contributed by atoms with Gasteiger partial charge in [0.05, 0.1) is 18.2 Å². The molecule has 1 heterocycles. The number of fused-ring (bicyclic) bond motifs is 1. The largest absolute Gasteiger partial charge is 0.489 e. The third kappa shape index (κ3) is 10.4. The summed E-state index contributed by atoms with van der Waals surface area (Å²) in [6.07, 6.45) is 0.494. The van der Waals surface area contributed by atoms with Gasteiger partial charge < -0.3 is 14.6 Å². The lowest BCUT2D eigenvalue weighted by atomic mass is 9.89. The van der Waals surface area contributed by atoms with Gasteiger partial charge in [-0.1, -0.05) is 54.6 Å². The highest BCUT2D eigenvalue weighted by atomic mass is 19.4. The lowest BCUT2D eigenvalue weighted by molar-refractivity contribution is -0.137. The molecule has 1 aliphatic rings. The van der Waals surface area contributed by atoms with E-state index in [1.807, 2.05) is 42.5 Å². The zero-order chi connectivity index (χ0) is 39.0. The molecule has 11 heteroatoms. The summed E-state index contributed by atoms with van der Waals surface area (Å²) >= 11 is 0. The minimum absolute atomic E-state index is 0.0194. The van der Waals surface area contributed by atoms with Crippen molar-refractivity contribution in [2.45, 2.75) is 63.8 Å². The normalized spacial score (nSPS) is 14.0. The number of aromatic carboxylic acids is 1. The predicted octanol–water partition coefficient (Wildman–Crippen LogP) is 9.25. The number of hydrogen-bond donors (Lipinski definition) is 1. The molecule has 0 bridgehead atoms. The topological polar surface area (TPSA) is 89.0 Å². The van der Waals surface area contributed by atoms with E-state index < -0.39 is 23.7 Å². The molecule has 0 spiro atoms. The fourth-order valence-electron chi connectivity index (χ4n) is 7.01. The number of carboxylic acids is 1. The van der Waals surface area contributed by atoms with Gasteiger partial charge in [0, 0.05) is 24.8 Å². The van der Waals surface area contributed by atoms with Crippen molar-refractivity contribution in [3.63, 3.8) is 0 Å². The van der Waals surface area contributed by atoms with E-state index in [1.165, 1.54) is 31.4 Å². The van der Waals surface area contributed by atoms with Crippen LogP contribution in [0.2, 0.25) is 0 Å². The van der Waals surface area contributed by atoms with E-state index in [1.54, 1.807) is 24.3 Å². The van der Waals surface area contributed by atoms with Crippen LogP contribution in [0.25, 0.3) is 0 Å². The van der Waals surface area contributed by atoms with Crippen LogP contribution < -0.4 is 4.74 Å². The number of alkyl halides is 3. The van der Waals surface area contributed by atoms with Crippen LogP contribution in [0, 0.1) is 5.82 Å². The zero-order valence-corrected chi connectivity index (χ0v) is 30.4. The molecule has 0 amide bonds. The molecule has 1 atom stereocenters. The number of nitrogens with zero attached hydrogens (tertiary/aromatic N) is 2. The number of carbonyl (C=O) groups excluding carboxylic acids is 1. The minimum atomic E-state index is -4.36. The van der Waals surface area contributed by atoms with Crippen LogP contribution in [-0.4, -0.2) is 47.1 Å². The summed E-state index contributed by atoms with van der Waals surface area (Å²) in [6, 6.07) is 28.3. The number of rotatable bonds is 15. The van der Waals surface area contributed by atoms with Crippen LogP contribution in [0.5, 0.6) is 5.75 Å². The Kier molecular flexibility index (Phi) is 12.6. The van der Waals surface area contributed by atoms with Gasteiger partial charge in [0.1, 0.15) is 23.9 Å². The first-order valence-electron chi connectivity index (χ1n) is 18.3. The number of aromatic nitrogens is 1. The molecule has 1 aliphatic carbocycles. The van der Waals surface area contributed by atoms with E-state index in [2.05, 4.69) is 9.88 Å². The van der Waals surface area contributed by atoms with Crippen molar-refractivity contribution in [1.82, 2.24) is 9.88 Å². The van der Waals surface area contributed by atoms with Crippen LogP contribution in [-0.2, 0) is 49.6 Å². The van der Waals surface area contributed by atoms with Crippen molar-refractivity contribution in [3.8, 4) is 5.75 Å². The fraction of sp³-hybridized carbons (Fsp3) is 0.295. The first-order chi connectivity index (χ1) is 26.5. The summed E-state index contributed by atoms with van der Waals surface area (Å²) in [5, 5.41) is 9.54. The standard InChI is InChI=1S/C44H42F4N2O5/c1-54-43(53)33-15-11-31(12-16-33)23-25-50(40-4-2-3-38-37(40)20-21-39(49-38)42(51)52)26-24-34-27-36(45)19-22-41(34)55-28-32-9-7-29(8-10-32)5-6-30-13-17-35(18-14-30)44(46,47)48/h7-22,27,40H,2-6,23-26,28H2,1H3,(H,51,52). The number of halogens is 4. The number of hydrogen-bond acceptors (Lipinski definition) is 6. The van der Waals surface area contributed by atoms with Crippen molar-refractivity contribution < 1.29 is 41.7 Å². The molecule has 1 unspecified atom stereocenters. The maximum Gasteiger partial charge on any atom is 0.416 e. The number of methoxy groups -OCH3 is 1. The van der Waals surface area contributed by atoms with Crippen LogP contribution in [0.3, 0.4) is 0 Å². The van der Waals surface area contributed by atoms with Crippen LogP contribution in [0.4, 0.5) is 17.6 Å². The molecule has 1 aromatic heterocycles. The van der Waals surface area contributed by atoms with Crippen LogP contribution in [0.1, 0.15) is 84.4 Å². The minimum Gasteiger partial charge on any atom is -0.489 e. The molecule has 7 nitrogen and oxygen atoms in total. The molecular weight excluding hydrogens is 712 g/mol. The predicted molar refractivity (Wildman–Crippen MR) is 200 cm³/mol. The highest BCUT2D eigenvalue weighted by Crippen LogP contribution is 2.35. The second-order valence-electron chi connectivity index (χ2n) is 13.7. The Morgan fingerprint density at radius 1 is 0.800 bits per heavy atom. The number of esters is 1. The summed E-state index contributed by atoms with van der Waals surface area (Å²) in [4.78, 5) is 30.4. The van der Waals surface area contributed by atoms with Gasteiger partial charge in [0.25, 0.3) is 0 Å². The molecule has 5 aromatic rings. The number of carboxylic acid groups (broad SMARTS) is 1. The Balaban J connectivity index is 1.13. The molecular formula is C44H42F4N2O5. The number of aryl methyl sites for hydroxylation is 3. The Labute approximate surface area is 317 Å². The molecule has 55 heavy (non-hydrogen) atoms. The summed E-state index contributed by atoms with van der Waals surface area (Å²) in [5.41, 5.74) is 6.15. The molecule has 1 N–H and O–H groups in total. The average molecular weight is 755 g/mol. The maximum absolute atomic E-state index is 14.7. The molecule has 6 rings (SSSR count). The second kappa shape index (κ2) is 17.7. The van der Waals surface area contributed by atoms with Crippen LogP contribution >= 0.6 is 0 Å². The third-order valence-electron chi connectivity index (χ3n) is 10.1. The highest BCUT2D eigenvalue weighted by Gasteiger charge is 2.30. The smallest absolute Gasteiger partial charge is 0.416 e. The van der Waals surface area contributed by atoms with Gasteiger partial charge in [-0.05, 0) is 127 Å². The number of carbonyl (C=O) groups is 2. The number of pyridine rings is 1. The summed E-state index contributed by atoms with van der Waals surface area (Å²) in [6.45, 7) is 1.48. The molecule has 286 valence electrons. The maximum atomic E-state index is 14.7. The molecule has 0 radical (unpaired) electrons. The Bertz CT molecular complexity index is 2080. The van der Waals surface area contributed by atoms with Crippen molar-refractivity contribution >= 4 is 11.9 Å². The SMILES string of the molecule is COC(=O)c1ccc(CCN(CCc2cc(F)ccc2OCc2ccc(CCc3ccc(C(F)(F)F)cc3)cc2)C2CCCc3nc(C(=O)O)ccc32)cc1. The number of benzene rings is 4. The quantitative estimate of drug-likeness (QED) is 0.0842. The van der Waals surface area contributed by atoms with E-state index in [4.69, 9.17) is 9.47 Å². The number of ether oxygens (including phenoxy) is 2. The first-order valence-corrected chi connectivity index (χ1v) is 18.3. The fourth-order valence-corrected chi connectivity index (χ4v) is 7.01. The first kappa shape index (κ1) is 39.2. The van der Waals surface area contributed by atoms with Crippen molar-refractivity contribution in [3.05, 3.63) is 165 Å². The highest BCUT2D eigenvalue weighted by molar-refractivity contribution is 5.89. The lowest BCUT2D eigenvalue weighted by Crippen LogP contribution is -2.35. The van der Waals surface area contributed by atoms with Crippen molar-refractivity contribution in [2.75, 3.05) is 20.2 Å². The van der Waals surface area contributed by atoms with E-state index in [-0.39, 0.29) is 24.2 Å². The van der Waals surface area contributed by atoms with Crippen molar-refractivity contribution in [1.29, 1.82) is 0 Å². The van der Waals surface area contributed by atoms with Gasteiger partial charge in [-0.25, -0.2) is 19.0 Å². The summed E-state index contributed by atoms with van der Waals surface area (Å²) in [5.74, 6) is -1.27. The van der Waals surface area contributed by atoms with E-state index >= 15 is 0 Å².